The number of phenols is 1. The van der Waals surface area contributed by atoms with Crippen molar-refractivity contribution in [1.29, 1.82) is 0 Å². The van der Waals surface area contributed by atoms with Crippen LogP contribution in [0.5, 0.6) is 5.75 Å². The smallest absolute Gasteiger partial charge is 0.228 e. The molecule has 1 amide bonds. The van der Waals surface area contributed by atoms with E-state index in [1.54, 1.807) is 6.07 Å². The van der Waals surface area contributed by atoms with Crippen LogP contribution in [0.25, 0.3) is 10.9 Å². The molecule has 0 aliphatic carbocycles. The standard InChI is InChI=1S/C16H13ClN2O2/c17-13-8-11(5-6-15(13)20)19-16(21)7-10-9-18-14-4-2-1-3-12(10)14/h1-6,8-9,18,20H,7H2,(H,19,21). The molecule has 0 bridgehead atoms. The van der Waals surface area contributed by atoms with Crippen molar-refractivity contribution in [2.45, 2.75) is 6.42 Å². The number of benzene rings is 2. The summed E-state index contributed by atoms with van der Waals surface area (Å²) in [4.78, 5) is 15.2. The molecule has 0 spiro atoms. The van der Waals surface area contributed by atoms with Gasteiger partial charge in [-0.2, -0.15) is 0 Å². The Morgan fingerprint density at radius 3 is 2.86 bits per heavy atom. The van der Waals surface area contributed by atoms with Crippen LogP contribution in [-0.4, -0.2) is 16.0 Å². The highest BCUT2D eigenvalue weighted by Gasteiger charge is 2.09. The van der Waals surface area contributed by atoms with Crippen LogP contribution in [0.4, 0.5) is 5.69 Å². The van der Waals surface area contributed by atoms with Crippen LogP contribution < -0.4 is 5.32 Å². The molecule has 3 N–H and O–H groups in total. The average Bonchev–Trinajstić information content (AvgIpc) is 2.86. The Labute approximate surface area is 126 Å². The Kier molecular flexibility index (Phi) is 3.54. The molecule has 0 fully saturated rings. The van der Waals surface area contributed by atoms with Crippen LogP contribution in [0.15, 0.2) is 48.7 Å². The largest absolute Gasteiger partial charge is 0.506 e. The number of para-hydroxylation sites is 1. The van der Waals surface area contributed by atoms with E-state index in [4.69, 9.17) is 11.6 Å². The van der Waals surface area contributed by atoms with E-state index >= 15 is 0 Å². The number of halogens is 1. The van der Waals surface area contributed by atoms with E-state index in [1.165, 1.54) is 12.1 Å². The van der Waals surface area contributed by atoms with Gasteiger partial charge in [0.05, 0.1) is 11.4 Å². The number of amides is 1. The first-order valence-corrected chi connectivity index (χ1v) is 6.84. The lowest BCUT2D eigenvalue weighted by atomic mass is 10.1. The molecular weight excluding hydrogens is 288 g/mol. The number of aromatic amines is 1. The first kappa shape index (κ1) is 13.5. The minimum absolute atomic E-state index is 0.00806. The van der Waals surface area contributed by atoms with Crippen molar-refractivity contribution in [2.75, 3.05) is 5.32 Å². The molecule has 3 rings (SSSR count). The molecule has 0 radical (unpaired) electrons. The minimum atomic E-state index is -0.137. The van der Waals surface area contributed by atoms with Gasteiger partial charge >= 0.3 is 0 Å². The summed E-state index contributed by atoms with van der Waals surface area (Å²) in [6.45, 7) is 0. The number of hydrogen-bond donors (Lipinski definition) is 3. The topological polar surface area (TPSA) is 65.1 Å². The van der Waals surface area contributed by atoms with Crippen molar-refractivity contribution in [2.24, 2.45) is 0 Å². The summed E-state index contributed by atoms with van der Waals surface area (Å²) in [6, 6.07) is 12.4. The van der Waals surface area contributed by atoms with Gasteiger partial charge in [0, 0.05) is 22.8 Å². The molecule has 0 aliphatic rings. The van der Waals surface area contributed by atoms with Gasteiger partial charge in [-0.3, -0.25) is 4.79 Å². The van der Waals surface area contributed by atoms with Crippen LogP contribution >= 0.6 is 11.6 Å². The van der Waals surface area contributed by atoms with Crippen molar-refractivity contribution in [3.8, 4) is 5.75 Å². The molecule has 106 valence electrons. The lowest BCUT2D eigenvalue weighted by molar-refractivity contribution is -0.115. The summed E-state index contributed by atoms with van der Waals surface area (Å²) < 4.78 is 0. The number of fused-ring (bicyclic) bond motifs is 1. The number of anilines is 1. The predicted octanol–water partition coefficient (Wildman–Crippen LogP) is 3.71. The molecule has 21 heavy (non-hydrogen) atoms. The van der Waals surface area contributed by atoms with Gasteiger partial charge in [-0.25, -0.2) is 0 Å². The van der Waals surface area contributed by atoms with Crippen molar-refractivity contribution in [3.63, 3.8) is 0 Å². The lowest BCUT2D eigenvalue weighted by Gasteiger charge is -2.06. The van der Waals surface area contributed by atoms with Crippen molar-refractivity contribution >= 4 is 34.1 Å². The summed E-state index contributed by atoms with van der Waals surface area (Å²) in [5, 5.41) is 13.4. The molecular formula is C16H13ClN2O2. The number of carbonyl (C=O) groups excluding carboxylic acids is 1. The van der Waals surface area contributed by atoms with Gasteiger partial charge in [0.15, 0.2) is 0 Å². The molecule has 0 atom stereocenters. The van der Waals surface area contributed by atoms with Gasteiger partial charge in [-0.1, -0.05) is 29.8 Å². The van der Waals surface area contributed by atoms with Crippen molar-refractivity contribution in [1.82, 2.24) is 4.98 Å². The number of H-pyrrole nitrogens is 1. The molecule has 1 aromatic heterocycles. The molecule has 5 heteroatoms. The van der Waals surface area contributed by atoms with E-state index in [9.17, 15) is 9.90 Å². The maximum absolute atomic E-state index is 12.1. The highest BCUT2D eigenvalue weighted by atomic mass is 35.5. The molecule has 0 saturated carbocycles. The zero-order chi connectivity index (χ0) is 14.8. The fourth-order valence-corrected chi connectivity index (χ4v) is 2.42. The third kappa shape index (κ3) is 2.85. The molecule has 2 aromatic carbocycles. The second-order valence-corrected chi connectivity index (χ2v) is 5.16. The second kappa shape index (κ2) is 5.50. The van der Waals surface area contributed by atoms with Gasteiger partial charge in [-0.15, -0.1) is 0 Å². The zero-order valence-electron chi connectivity index (χ0n) is 11.1. The summed E-state index contributed by atoms with van der Waals surface area (Å²) >= 11 is 5.81. The Morgan fingerprint density at radius 2 is 2.05 bits per heavy atom. The number of hydrogen-bond acceptors (Lipinski definition) is 2. The highest BCUT2D eigenvalue weighted by Crippen LogP contribution is 2.26. The lowest BCUT2D eigenvalue weighted by Crippen LogP contribution is -2.14. The Hall–Kier alpha value is -2.46. The Bertz CT molecular complexity index is 811. The number of aromatic nitrogens is 1. The number of carbonyl (C=O) groups is 1. The Balaban J connectivity index is 1.75. The fraction of sp³-hybridized carbons (Fsp3) is 0.0625. The maximum Gasteiger partial charge on any atom is 0.228 e. The van der Waals surface area contributed by atoms with E-state index < -0.39 is 0 Å². The maximum atomic E-state index is 12.1. The van der Waals surface area contributed by atoms with E-state index in [-0.39, 0.29) is 23.1 Å². The van der Waals surface area contributed by atoms with Gasteiger partial charge in [-0.05, 0) is 29.8 Å². The molecule has 0 unspecified atom stereocenters. The van der Waals surface area contributed by atoms with Gasteiger partial charge in [0.1, 0.15) is 5.75 Å². The second-order valence-electron chi connectivity index (χ2n) is 4.75. The molecule has 4 nitrogen and oxygen atoms in total. The summed E-state index contributed by atoms with van der Waals surface area (Å²) in [5.74, 6) is -0.146. The van der Waals surface area contributed by atoms with Crippen LogP contribution in [0.1, 0.15) is 5.56 Å². The molecule has 0 aliphatic heterocycles. The van der Waals surface area contributed by atoms with E-state index in [2.05, 4.69) is 10.3 Å². The first-order chi connectivity index (χ1) is 10.1. The van der Waals surface area contributed by atoms with Gasteiger partial charge < -0.3 is 15.4 Å². The SMILES string of the molecule is O=C(Cc1c[nH]c2ccccc12)Nc1ccc(O)c(Cl)c1. The quantitative estimate of drug-likeness (QED) is 0.646. The monoisotopic (exact) mass is 300 g/mol. The zero-order valence-corrected chi connectivity index (χ0v) is 11.8. The molecule has 1 heterocycles. The third-order valence-electron chi connectivity index (χ3n) is 3.26. The highest BCUT2D eigenvalue weighted by molar-refractivity contribution is 6.32. The van der Waals surface area contributed by atoms with Crippen molar-refractivity contribution < 1.29 is 9.90 Å². The Morgan fingerprint density at radius 1 is 1.24 bits per heavy atom. The van der Waals surface area contributed by atoms with Crippen LogP contribution in [0.3, 0.4) is 0 Å². The van der Waals surface area contributed by atoms with Crippen LogP contribution in [0, 0.1) is 0 Å². The van der Waals surface area contributed by atoms with E-state index in [0.717, 1.165) is 16.5 Å². The molecule has 0 saturated heterocycles. The number of nitrogens with one attached hydrogen (secondary N) is 2. The van der Waals surface area contributed by atoms with E-state index in [1.807, 2.05) is 30.5 Å². The minimum Gasteiger partial charge on any atom is -0.506 e. The first-order valence-electron chi connectivity index (χ1n) is 6.47. The molecule has 3 aromatic rings. The summed E-state index contributed by atoms with van der Waals surface area (Å²) in [7, 11) is 0. The predicted molar refractivity (Wildman–Crippen MR) is 83.7 cm³/mol. The van der Waals surface area contributed by atoms with Crippen LogP contribution in [-0.2, 0) is 11.2 Å². The van der Waals surface area contributed by atoms with E-state index in [0.29, 0.717) is 5.69 Å². The fourth-order valence-electron chi connectivity index (χ4n) is 2.24. The normalized spacial score (nSPS) is 10.7. The average molecular weight is 301 g/mol. The van der Waals surface area contributed by atoms with Gasteiger partial charge in [0.2, 0.25) is 5.91 Å². The third-order valence-corrected chi connectivity index (χ3v) is 3.56. The number of phenolic OH excluding ortho intramolecular Hbond substituents is 1. The van der Waals surface area contributed by atoms with Crippen LogP contribution in [0.2, 0.25) is 5.02 Å². The number of aromatic hydroxyl groups is 1. The van der Waals surface area contributed by atoms with Crippen molar-refractivity contribution in [3.05, 3.63) is 59.2 Å². The number of rotatable bonds is 3. The van der Waals surface area contributed by atoms with Gasteiger partial charge in [0.25, 0.3) is 0 Å². The summed E-state index contributed by atoms with van der Waals surface area (Å²) in [6.07, 6.45) is 2.11. The summed E-state index contributed by atoms with van der Waals surface area (Å²) in [5.41, 5.74) is 2.50.